The van der Waals surface area contributed by atoms with E-state index in [1.807, 2.05) is 0 Å². The van der Waals surface area contributed by atoms with Crippen LogP contribution >= 0.6 is 0 Å². The topological polar surface area (TPSA) is 90.2 Å². The van der Waals surface area contributed by atoms with E-state index in [4.69, 9.17) is 14.9 Å². The number of hydrogen-bond donors (Lipinski definition) is 4. The van der Waals surface area contributed by atoms with Gasteiger partial charge in [0.15, 0.2) is 0 Å². The van der Waals surface area contributed by atoms with Gasteiger partial charge in [-0.1, -0.05) is 0 Å². The third-order valence-corrected chi connectivity index (χ3v) is 2.07. The van der Waals surface area contributed by atoms with Gasteiger partial charge in [0.1, 0.15) is 0 Å². The SMILES string of the molecule is OCCCC(O)C=COC=CC(O)CCCO. The molecule has 0 bridgehead atoms. The van der Waals surface area contributed by atoms with Crippen LogP contribution in [0.25, 0.3) is 0 Å². The molecular formula is C12H22O5. The van der Waals surface area contributed by atoms with E-state index in [1.54, 1.807) is 0 Å². The molecule has 0 saturated heterocycles. The van der Waals surface area contributed by atoms with Crippen LogP contribution in [0.15, 0.2) is 24.7 Å². The zero-order valence-corrected chi connectivity index (χ0v) is 9.90. The quantitative estimate of drug-likeness (QED) is 0.416. The average molecular weight is 246 g/mol. The number of hydrogen-bond acceptors (Lipinski definition) is 5. The van der Waals surface area contributed by atoms with Crippen LogP contribution in [-0.4, -0.2) is 45.8 Å². The first-order valence-corrected chi connectivity index (χ1v) is 5.77. The first kappa shape index (κ1) is 16.1. The molecule has 2 unspecified atom stereocenters. The molecule has 2 atom stereocenters. The highest BCUT2D eigenvalue weighted by atomic mass is 16.5. The number of rotatable bonds is 10. The highest BCUT2D eigenvalue weighted by Gasteiger charge is 1.98. The van der Waals surface area contributed by atoms with Crippen molar-refractivity contribution in [3.05, 3.63) is 24.7 Å². The molecule has 0 radical (unpaired) electrons. The standard InChI is InChI=1S/C12H22O5/c13-7-1-3-11(15)5-9-17-10-6-12(16)4-2-8-14/h5-6,9-16H,1-4,7-8H2. The van der Waals surface area contributed by atoms with Crippen LogP contribution < -0.4 is 0 Å². The fourth-order valence-electron chi connectivity index (χ4n) is 1.11. The summed E-state index contributed by atoms with van der Waals surface area (Å²) in [6.45, 7) is 0.116. The van der Waals surface area contributed by atoms with E-state index in [-0.39, 0.29) is 13.2 Å². The molecule has 0 aromatic carbocycles. The second-order valence-electron chi connectivity index (χ2n) is 3.66. The summed E-state index contributed by atoms with van der Waals surface area (Å²) in [5, 5.41) is 35.7. The Morgan fingerprint density at radius 2 is 1.24 bits per heavy atom. The van der Waals surface area contributed by atoms with Crippen molar-refractivity contribution < 1.29 is 25.2 Å². The molecule has 0 saturated carbocycles. The summed E-state index contributed by atoms with van der Waals surface area (Å²) < 4.78 is 4.93. The molecule has 0 aromatic rings. The largest absolute Gasteiger partial charge is 0.473 e. The van der Waals surface area contributed by atoms with Crippen molar-refractivity contribution in [3.63, 3.8) is 0 Å². The van der Waals surface area contributed by atoms with Crippen molar-refractivity contribution in [1.29, 1.82) is 0 Å². The summed E-state index contributed by atoms with van der Waals surface area (Å²) in [7, 11) is 0. The van der Waals surface area contributed by atoms with Gasteiger partial charge in [0, 0.05) is 13.2 Å². The van der Waals surface area contributed by atoms with Gasteiger partial charge in [-0.2, -0.15) is 0 Å². The third kappa shape index (κ3) is 11.4. The summed E-state index contributed by atoms with van der Waals surface area (Å²) in [4.78, 5) is 0. The molecular weight excluding hydrogens is 224 g/mol. The minimum Gasteiger partial charge on any atom is -0.473 e. The van der Waals surface area contributed by atoms with Crippen molar-refractivity contribution in [2.45, 2.75) is 37.9 Å². The molecule has 0 aromatic heterocycles. The molecule has 0 spiro atoms. The predicted molar refractivity (Wildman–Crippen MR) is 64.0 cm³/mol. The summed E-state index contributed by atoms with van der Waals surface area (Å²) in [5.41, 5.74) is 0. The monoisotopic (exact) mass is 246 g/mol. The molecule has 0 fully saturated rings. The Balaban J connectivity index is 3.59. The molecule has 5 heteroatoms. The smallest absolute Gasteiger partial charge is 0.0887 e. The van der Waals surface area contributed by atoms with Gasteiger partial charge in [0.25, 0.3) is 0 Å². The van der Waals surface area contributed by atoms with Crippen LogP contribution in [0.2, 0.25) is 0 Å². The fraction of sp³-hybridized carbons (Fsp3) is 0.667. The average Bonchev–Trinajstić information content (AvgIpc) is 2.33. The van der Waals surface area contributed by atoms with E-state index in [0.717, 1.165) is 0 Å². The minimum absolute atomic E-state index is 0.0582. The lowest BCUT2D eigenvalue weighted by atomic mass is 10.2. The molecule has 4 N–H and O–H groups in total. The summed E-state index contributed by atoms with van der Waals surface area (Å²) in [6.07, 6.45) is 6.40. The Bertz CT molecular complexity index is 193. The Morgan fingerprint density at radius 3 is 1.59 bits per heavy atom. The minimum atomic E-state index is -0.630. The number of aliphatic hydroxyl groups is 4. The molecule has 0 aliphatic carbocycles. The van der Waals surface area contributed by atoms with Crippen LogP contribution in [0, 0.1) is 0 Å². The van der Waals surface area contributed by atoms with Gasteiger partial charge < -0.3 is 25.2 Å². The molecule has 0 aliphatic heterocycles. The lowest BCUT2D eigenvalue weighted by molar-refractivity contribution is 0.184. The predicted octanol–water partition coefficient (Wildman–Crippen LogP) is 0.297. The third-order valence-electron chi connectivity index (χ3n) is 2.07. The second kappa shape index (κ2) is 11.6. The first-order chi connectivity index (χ1) is 8.20. The van der Waals surface area contributed by atoms with Crippen LogP contribution in [0.3, 0.4) is 0 Å². The normalized spacial score (nSPS) is 15.5. The maximum atomic E-state index is 9.33. The molecule has 0 heterocycles. The van der Waals surface area contributed by atoms with Gasteiger partial charge in [-0.15, -0.1) is 0 Å². The highest BCUT2D eigenvalue weighted by Crippen LogP contribution is 2.00. The van der Waals surface area contributed by atoms with Gasteiger partial charge in [-0.25, -0.2) is 0 Å². The number of aliphatic hydroxyl groups excluding tert-OH is 4. The summed E-state index contributed by atoms with van der Waals surface area (Å²) >= 11 is 0. The zero-order chi connectivity index (χ0) is 12.9. The second-order valence-corrected chi connectivity index (χ2v) is 3.66. The Morgan fingerprint density at radius 1 is 0.824 bits per heavy atom. The zero-order valence-electron chi connectivity index (χ0n) is 9.90. The molecule has 0 rings (SSSR count). The van der Waals surface area contributed by atoms with Gasteiger partial charge in [-0.05, 0) is 37.8 Å². The molecule has 100 valence electrons. The van der Waals surface area contributed by atoms with Crippen LogP contribution in [-0.2, 0) is 4.74 Å². The van der Waals surface area contributed by atoms with Crippen LogP contribution in [0.1, 0.15) is 25.7 Å². The highest BCUT2D eigenvalue weighted by molar-refractivity contribution is 4.87. The summed E-state index contributed by atoms with van der Waals surface area (Å²) in [5.74, 6) is 0. The van der Waals surface area contributed by atoms with Crippen molar-refractivity contribution in [3.8, 4) is 0 Å². The Hall–Kier alpha value is -0.880. The van der Waals surface area contributed by atoms with Crippen molar-refractivity contribution >= 4 is 0 Å². The molecule has 0 aliphatic rings. The molecule has 17 heavy (non-hydrogen) atoms. The fourth-order valence-corrected chi connectivity index (χ4v) is 1.11. The van der Waals surface area contributed by atoms with E-state index >= 15 is 0 Å². The molecule has 5 nitrogen and oxygen atoms in total. The van der Waals surface area contributed by atoms with Crippen LogP contribution in [0.5, 0.6) is 0 Å². The number of ether oxygens (including phenoxy) is 1. The van der Waals surface area contributed by atoms with E-state index in [0.29, 0.717) is 25.7 Å². The lowest BCUT2D eigenvalue weighted by Crippen LogP contribution is -2.03. The van der Waals surface area contributed by atoms with Crippen molar-refractivity contribution in [2.75, 3.05) is 13.2 Å². The molecule has 0 amide bonds. The van der Waals surface area contributed by atoms with Crippen LogP contribution in [0.4, 0.5) is 0 Å². The Labute approximate surface area is 102 Å². The Kier molecular flexibility index (Phi) is 11.0. The maximum absolute atomic E-state index is 9.33. The van der Waals surface area contributed by atoms with E-state index in [1.165, 1.54) is 24.7 Å². The van der Waals surface area contributed by atoms with Crippen molar-refractivity contribution in [1.82, 2.24) is 0 Å². The van der Waals surface area contributed by atoms with Gasteiger partial charge in [0.2, 0.25) is 0 Å². The van der Waals surface area contributed by atoms with E-state index in [2.05, 4.69) is 0 Å². The lowest BCUT2D eigenvalue weighted by Gasteiger charge is -2.03. The van der Waals surface area contributed by atoms with Gasteiger partial charge >= 0.3 is 0 Å². The van der Waals surface area contributed by atoms with Gasteiger partial charge in [-0.3, -0.25) is 0 Å². The maximum Gasteiger partial charge on any atom is 0.0887 e. The van der Waals surface area contributed by atoms with E-state index in [9.17, 15) is 10.2 Å². The first-order valence-electron chi connectivity index (χ1n) is 5.77. The van der Waals surface area contributed by atoms with Gasteiger partial charge in [0.05, 0.1) is 24.7 Å². The van der Waals surface area contributed by atoms with E-state index < -0.39 is 12.2 Å². The van der Waals surface area contributed by atoms with Crippen molar-refractivity contribution in [2.24, 2.45) is 0 Å². The summed E-state index contributed by atoms with van der Waals surface area (Å²) in [6, 6.07) is 0.